The zero-order valence-electron chi connectivity index (χ0n) is 18.1. The molecule has 1 atom stereocenters. The van der Waals surface area contributed by atoms with Gasteiger partial charge in [0.2, 0.25) is 5.88 Å². The van der Waals surface area contributed by atoms with Gasteiger partial charge in [-0.05, 0) is 71.1 Å². The molecule has 8 heteroatoms. The van der Waals surface area contributed by atoms with Gasteiger partial charge < -0.3 is 19.7 Å². The van der Waals surface area contributed by atoms with Crippen molar-refractivity contribution in [2.45, 2.75) is 30.8 Å². The molecule has 2 aromatic heterocycles. The fraction of sp³-hybridized carbons (Fsp3) is 0.320. The van der Waals surface area contributed by atoms with Crippen LogP contribution in [-0.4, -0.2) is 46.2 Å². The highest BCUT2D eigenvalue weighted by atomic mass is 79.9. The third-order valence-electron chi connectivity index (χ3n) is 6.34. The van der Waals surface area contributed by atoms with Crippen LogP contribution in [0, 0.1) is 0 Å². The highest BCUT2D eigenvalue weighted by Crippen LogP contribution is 2.43. The van der Waals surface area contributed by atoms with Crippen LogP contribution in [-0.2, 0) is 4.74 Å². The topological polar surface area (TPSA) is 76.6 Å². The van der Waals surface area contributed by atoms with Crippen molar-refractivity contribution in [3.63, 3.8) is 0 Å². The molecule has 33 heavy (non-hydrogen) atoms. The third-order valence-corrected chi connectivity index (χ3v) is 6.81. The first kappa shape index (κ1) is 21.9. The Bertz CT molecular complexity index is 1100. The van der Waals surface area contributed by atoms with Crippen molar-refractivity contribution in [2.75, 3.05) is 25.0 Å². The second-order valence-corrected chi connectivity index (χ2v) is 9.46. The Morgan fingerprint density at radius 1 is 1.15 bits per heavy atom. The normalized spacial score (nSPS) is 19.4. The predicted octanol–water partition coefficient (Wildman–Crippen LogP) is 5.60. The lowest BCUT2D eigenvalue weighted by molar-refractivity contribution is -0.0355. The number of halogens is 1. The number of carbonyl (C=O) groups is 1. The molecular formula is C25H25BrN4O3. The van der Waals surface area contributed by atoms with Crippen LogP contribution >= 0.6 is 15.9 Å². The van der Waals surface area contributed by atoms with E-state index in [1.54, 1.807) is 18.6 Å². The van der Waals surface area contributed by atoms with Gasteiger partial charge in [-0.1, -0.05) is 12.1 Å². The average Bonchev–Trinajstić information content (AvgIpc) is 3.25. The van der Waals surface area contributed by atoms with Crippen LogP contribution in [0.5, 0.6) is 11.6 Å². The largest absolute Gasteiger partial charge is 0.439 e. The Kier molecular flexibility index (Phi) is 6.28. The summed E-state index contributed by atoms with van der Waals surface area (Å²) in [5.74, 6) is 1.64. The molecule has 2 aliphatic heterocycles. The molecule has 0 aliphatic carbocycles. The summed E-state index contributed by atoms with van der Waals surface area (Å²) >= 11 is 3.39. The molecule has 1 aromatic carbocycles. The number of anilines is 1. The molecule has 0 radical (unpaired) electrons. The summed E-state index contributed by atoms with van der Waals surface area (Å²) in [6.07, 6.45) is 7.68. The number of hydrogen-bond donors (Lipinski definition) is 1. The number of rotatable bonds is 4. The Morgan fingerprint density at radius 2 is 2.03 bits per heavy atom. The molecule has 0 saturated carbocycles. The van der Waals surface area contributed by atoms with E-state index in [0.29, 0.717) is 37.2 Å². The summed E-state index contributed by atoms with van der Waals surface area (Å²) < 4.78 is 13.2. The molecule has 1 N–H and O–H groups in total. The quantitative estimate of drug-likeness (QED) is 0.496. The minimum absolute atomic E-state index is 0.0844. The molecule has 0 unspecified atom stereocenters. The van der Waals surface area contributed by atoms with E-state index in [1.807, 2.05) is 41.3 Å². The van der Waals surface area contributed by atoms with E-state index in [4.69, 9.17) is 9.47 Å². The molecule has 2 saturated heterocycles. The summed E-state index contributed by atoms with van der Waals surface area (Å²) in [5.41, 5.74) is 1.75. The fourth-order valence-corrected chi connectivity index (χ4v) is 4.77. The summed E-state index contributed by atoms with van der Waals surface area (Å²) in [6.45, 7) is 2.04. The van der Waals surface area contributed by atoms with Gasteiger partial charge in [-0.3, -0.25) is 4.98 Å². The summed E-state index contributed by atoms with van der Waals surface area (Å²) in [7, 11) is 0. The first-order valence-corrected chi connectivity index (χ1v) is 11.9. The van der Waals surface area contributed by atoms with Crippen LogP contribution in [0.2, 0.25) is 0 Å². The van der Waals surface area contributed by atoms with E-state index < -0.39 is 0 Å². The van der Waals surface area contributed by atoms with Crippen molar-refractivity contribution in [1.82, 2.24) is 14.9 Å². The highest BCUT2D eigenvalue weighted by molar-refractivity contribution is 9.10. The Labute approximate surface area is 201 Å². The number of urea groups is 1. The fourth-order valence-electron chi connectivity index (χ4n) is 4.54. The first-order chi connectivity index (χ1) is 16.1. The SMILES string of the molecule is O=C(Nc1cccnc1)N1CCC2(CC1)C[C@@H](c1cccc(Oc3ccc(Br)cn3)c1)CO2. The molecule has 3 aromatic rings. The second-order valence-electron chi connectivity index (χ2n) is 8.54. The monoisotopic (exact) mass is 508 g/mol. The minimum Gasteiger partial charge on any atom is -0.439 e. The Hall–Kier alpha value is -2.97. The molecule has 170 valence electrons. The van der Waals surface area contributed by atoms with Crippen molar-refractivity contribution in [1.29, 1.82) is 0 Å². The van der Waals surface area contributed by atoms with Crippen LogP contribution in [0.1, 0.15) is 30.7 Å². The molecule has 5 rings (SSSR count). The third kappa shape index (κ3) is 5.17. The number of nitrogens with zero attached hydrogens (tertiary/aromatic N) is 3. The number of benzene rings is 1. The van der Waals surface area contributed by atoms with Gasteiger partial charge in [-0.15, -0.1) is 0 Å². The lowest BCUT2D eigenvalue weighted by Gasteiger charge is -2.38. The van der Waals surface area contributed by atoms with Crippen LogP contribution in [0.15, 0.2) is 71.6 Å². The van der Waals surface area contributed by atoms with Gasteiger partial charge in [0.1, 0.15) is 5.75 Å². The van der Waals surface area contributed by atoms with Crippen molar-refractivity contribution in [2.24, 2.45) is 0 Å². The first-order valence-electron chi connectivity index (χ1n) is 11.1. The molecule has 2 amide bonds. The lowest BCUT2D eigenvalue weighted by Crippen LogP contribution is -2.47. The summed E-state index contributed by atoms with van der Waals surface area (Å²) in [4.78, 5) is 22.8. The van der Waals surface area contributed by atoms with Gasteiger partial charge in [0.05, 0.1) is 24.1 Å². The number of likely N-dealkylation sites (tertiary alicyclic amines) is 1. The van der Waals surface area contributed by atoms with Crippen molar-refractivity contribution < 1.29 is 14.3 Å². The number of hydrogen-bond acceptors (Lipinski definition) is 5. The van der Waals surface area contributed by atoms with E-state index in [-0.39, 0.29) is 11.6 Å². The Balaban J connectivity index is 1.18. The number of amides is 2. The van der Waals surface area contributed by atoms with Gasteiger partial charge in [-0.25, -0.2) is 9.78 Å². The molecule has 0 bridgehead atoms. The van der Waals surface area contributed by atoms with Crippen LogP contribution in [0.25, 0.3) is 0 Å². The second kappa shape index (κ2) is 9.49. The number of aromatic nitrogens is 2. The molecular weight excluding hydrogens is 484 g/mol. The van der Waals surface area contributed by atoms with Gasteiger partial charge in [-0.2, -0.15) is 0 Å². The lowest BCUT2D eigenvalue weighted by atomic mass is 9.83. The molecule has 7 nitrogen and oxygen atoms in total. The van der Waals surface area contributed by atoms with E-state index in [9.17, 15) is 4.79 Å². The number of pyridine rings is 2. The smallest absolute Gasteiger partial charge is 0.321 e. The van der Waals surface area contributed by atoms with E-state index in [0.717, 1.165) is 29.5 Å². The Morgan fingerprint density at radius 3 is 2.79 bits per heavy atom. The highest BCUT2D eigenvalue weighted by Gasteiger charge is 2.43. The summed E-state index contributed by atoms with van der Waals surface area (Å²) in [5, 5.41) is 2.92. The number of piperidine rings is 1. The van der Waals surface area contributed by atoms with E-state index in [1.165, 1.54) is 5.56 Å². The molecule has 4 heterocycles. The van der Waals surface area contributed by atoms with E-state index in [2.05, 4.69) is 43.3 Å². The maximum atomic E-state index is 12.6. The van der Waals surface area contributed by atoms with Gasteiger partial charge in [0.15, 0.2) is 0 Å². The maximum absolute atomic E-state index is 12.6. The predicted molar refractivity (Wildman–Crippen MR) is 129 cm³/mol. The van der Waals surface area contributed by atoms with Gasteiger partial charge >= 0.3 is 6.03 Å². The van der Waals surface area contributed by atoms with Crippen molar-refractivity contribution in [3.8, 4) is 11.6 Å². The molecule has 1 spiro atoms. The van der Waals surface area contributed by atoms with Crippen LogP contribution in [0.3, 0.4) is 0 Å². The molecule has 2 fully saturated rings. The van der Waals surface area contributed by atoms with Gasteiger partial charge in [0, 0.05) is 41.9 Å². The average molecular weight is 509 g/mol. The van der Waals surface area contributed by atoms with Crippen molar-refractivity contribution in [3.05, 3.63) is 77.2 Å². The number of nitrogens with one attached hydrogen (secondary N) is 1. The van der Waals surface area contributed by atoms with Crippen LogP contribution in [0.4, 0.5) is 10.5 Å². The van der Waals surface area contributed by atoms with Crippen LogP contribution < -0.4 is 10.1 Å². The van der Waals surface area contributed by atoms with Gasteiger partial charge in [0.25, 0.3) is 0 Å². The number of carbonyl (C=O) groups excluding carboxylic acids is 1. The zero-order valence-corrected chi connectivity index (χ0v) is 19.7. The molecule has 2 aliphatic rings. The summed E-state index contributed by atoms with van der Waals surface area (Å²) in [6, 6.07) is 15.5. The zero-order chi connectivity index (χ0) is 22.7. The minimum atomic E-state index is -0.167. The van der Waals surface area contributed by atoms with E-state index >= 15 is 0 Å². The van der Waals surface area contributed by atoms with Crippen molar-refractivity contribution >= 4 is 27.6 Å². The standard InChI is InChI=1S/C25H25BrN4O3/c26-20-6-7-23(28-15-20)33-22-5-1-3-18(13-22)19-14-25(32-17-19)8-11-30(12-9-25)24(31)29-21-4-2-10-27-16-21/h1-7,10,13,15-16,19H,8-9,11-12,14,17H2,(H,29,31)/t19-/m1/s1. The number of ether oxygens (including phenoxy) is 2. The maximum Gasteiger partial charge on any atom is 0.321 e.